The van der Waals surface area contributed by atoms with Crippen LogP contribution in [0, 0.1) is 0 Å². The molecule has 1 heterocycles. The molecule has 1 fully saturated rings. The van der Waals surface area contributed by atoms with Gasteiger partial charge >= 0.3 is 0 Å². The highest BCUT2D eigenvalue weighted by molar-refractivity contribution is 4.84. The molecular formula is C19H38O2. The molecule has 0 aliphatic carbocycles. The highest BCUT2D eigenvalue weighted by atomic mass is 16.6. The summed E-state index contributed by atoms with van der Waals surface area (Å²) in [6.45, 7) is 2.59. The number of aliphatic hydroxyl groups excluding tert-OH is 1. The highest BCUT2D eigenvalue weighted by Crippen LogP contribution is 2.31. The maximum absolute atomic E-state index is 8.76. The Morgan fingerprint density at radius 3 is 1.52 bits per heavy atom. The van der Waals surface area contributed by atoms with Gasteiger partial charge < -0.3 is 9.84 Å². The van der Waals surface area contributed by atoms with Crippen molar-refractivity contribution >= 4 is 0 Å². The first kappa shape index (κ1) is 19.0. The summed E-state index contributed by atoms with van der Waals surface area (Å²) in [6, 6.07) is 0. The summed E-state index contributed by atoms with van der Waals surface area (Å²) < 4.78 is 5.61. The lowest BCUT2D eigenvalue weighted by molar-refractivity contribution is 0.272. The Hall–Kier alpha value is -0.0800. The van der Waals surface area contributed by atoms with Gasteiger partial charge in [0, 0.05) is 6.61 Å². The molecule has 21 heavy (non-hydrogen) atoms. The number of rotatable bonds is 16. The Morgan fingerprint density at radius 1 is 0.619 bits per heavy atom. The van der Waals surface area contributed by atoms with E-state index in [-0.39, 0.29) is 0 Å². The fourth-order valence-corrected chi connectivity index (χ4v) is 3.17. The monoisotopic (exact) mass is 298 g/mol. The summed E-state index contributed by atoms with van der Waals surface area (Å²) >= 11 is 0. The van der Waals surface area contributed by atoms with Gasteiger partial charge in [0.1, 0.15) is 0 Å². The second-order valence-electron chi connectivity index (χ2n) is 6.76. The van der Waals surface area contributed by atoms with Gasteiger partial charge in [0.15, 0.2) is 0 Å². The van der Waals surface area contributed by atoms with Crippen LogP contribution in [0.3, 0.4) is 0 Å². The van der Waals surface area contributed by atoms with Crippen LogP contribution in [-0.2, 0) is 4.74 Å². The van der Waals surface area contributed by atoms with E-state index in [1.807, 2.05) is 0 Å². The largest absolute Gasteiger partial charge is 0.396 e. The van der Waals surface area contributed by atoms with Gasteiger partial charge in [-0.05, 0) is 19.3 Å². The van der Waals surface area contributed by atoms with Crippen LogP contribution in [0.25, 0.3) is 0 Å². The lowest BCUT2D eigenvalue weighted by atomic mass is 10.0. The van der Waals surface area contributed by atoms with Crippen molar-refractivity contribution in [1.82, 2.24) is 0 Å². The molecule has 0 amide bonds. The predicted molar refractivity (Wildman–Crippen MR) is 90.7 cm³/mol. The summed E-state index contributed by atoms with van der Waals surface area (Å²) in [5.41, 5.74) is 0. The van der Waals surface area contributed by atoms with Crippen LogP contribution in [0.5, 0.6) is 0 Å². The molecule has 0 saturated carbocycles. The van der Waals surface area contributed by atoms with Crippen LogP contribution < -0.4 is 0 Å². The van der Waals surface area contributed by atoms with E-state index in [9.17, 15) is 0 Å². The first-order valence-electron chi connectivity index (χ1n) is 9.64. The molecule has 0 radical (unpaired) electrons. The Labute approximate surface area is 132 Å². The zero-order valence-corrected chi connectivity index (χ0v) is 14.3. The molecule has 0 bridgehead atoms. The van der Waals surface area contributed by atoms with Gasteiger partial charge in [-0.2, -0.15) is 0 Å². The summed E-state index contributed by atoms with van der Waals surface area (Å²) in [5.74, 6) is 0. The maximum Gasteiger partial charge on any atom is 0.0842 e. The van der Waals surface area contributed by atoms with Crippen LogP contribution in [0.2, 0.25) is 0 Å². The van der Waals surface area contributed by atoms with Crippen LogP contribution >= 0.6 is 0 Å². The average molecular weight is 299 g/mol. The zero-order valence-electron chi connectivity index (χ0n) is 14.3. The summed E-state index contributed by atoms with van der Waals surface area (Å²) in [6.07, 6.45) is 21.2. The van der Waals surface area contributed by atoms with Crippen molar-refractivity contribution in [3.05, 3.63) is 0 Å². The van der Waals surface area contributed by atoms with Crippen molar-refractivity contribution < 1.29 is 9.84 Å². The molecule has 0 spiro atoms. The Balaban J connectivity index is 1.68. The Bertz CT molecular complexity index is 218. The topological polar surface area (TPSA) is 32.8 Å². The standard InChI is InChI=1S/C19H38O2/c1-2-3-4-5-6-7-8-9-10-11-12-13-15-18-19(21-18)16-14-17-20/h18-20H,2-17H2,1H3. The molecule has 0 aromatic carbocycles. The SMILES string of the molecule is CCCCCCCCCCCCCCC1OC1CCCO. The van der Waals surface area contributed by atoms with E-state index >= 15 is 0 Å². The first-order chi connectivity index (χ1) is 10.4. The molecular weight excluding hydrogens is 260 g/mol. The van der Waals surface area contributed by atoms with Gasteiger partial charge in [-0.15, -0.1) is 0 Å². The van der Waals surface area contributed by atoms with Crippen molar-refractivity contribution in [3.8, 4) is 0 Å². The molecule has 1 N–H and O–H groups in total. The van der Waals surface area contributed by atoms with Gasteiger partial charge in [0.2, 0.25) is 0 Å². The van der Waals surface area contributed by atoms with E-state index in [4.69, 9.17) is 9.84 Å². The molecule has 2 heteroatoms. The molecule has 1 rings (SSSR count). The molecule has 126 valence electrons. The molecule has 1 saturated heterocycles. The van der Waals surface area contributed by atoms with E-state index < -0.39 is 0 Å². The van der Waals surface area contributed by atoms with E-state index in [2.05, 4.69) is 6.92 Å². The zero-order chi connectivity index (χ0) is 15.2. The first-order valence-corrected chi connectivity index (χ1v) is 9.64. The minimum absolute atomic E-state index is 0.311. The van der Waals surface area contributed by atoms with Crippen LogP contribution in [0.4, 0.5) is 0 Å². The molecule has 1 aliphatic heterocycles. The fraction of sp³-hybridized carbons (Fsp3) is 1.00. The van der Waals surface area contributed by atoms with Gasteiger partial charge in [0.05, 0.1) is 12.2 Å². The Kier molecular flexibility index (Phi) is 12.3. The summed E-state index contributed by atoms with van der Waals surface area (Å²) in [5, 5.41) is 8.76. The summed E-state index contributed by atoms with van der Waals surface area (Å²) in [7, 11) is 0. The lowest BCUT2D eigenvalue weighted by Crippen LogP contribution is -1.96. The quantitative estimate of drug-likeness (QED) is 0.296. The van der Waals surface area contributed by atoms with Crippen molar-refractivity contribution in [2.45, 2.75) is 115 Å². The van der Waals surface area contributed by atoms with Crippen LogP contribution in [0.15, 0.2) is 0 Å². The van der Waals surface area contributed by atoms with E-state index in [1.54, 1.807) is 0 Å². The van der Waals surface area contributed by atoms with Gasteiger partial charge in [0.25, 0.3) is 0 Å². The second kappa shape index (κ2) is 13.6. The molecule has 2 unspecified atom stereocenters. The highest BCUT2D eigenvalue weighted by Gasteiger charge is 2.36. The normalized spacial score (nSPS) is 20.9. The smallest absolute Gasteiger partial charge is 0.0842 e. The number of hydrogen-bond acceptors (Lipinski definition) is 2. The molecule has 1 aliphatic rings. The molecule has 0 aromatic rings. The van der Waals surface area contributed by atoms with Gasteiger partial charge in [-0.25, -0.2) is 0 Å². The van der Waals surface area contributed by atoms with Crippen LogP contribution in [-0.4, -0.2) is 23.9 Å². The van der Waals surface area contributed by atoms with Gasteiger partial charge in [-0.1, -0.05) is 84.0 Å². The number of ether oxygens (including phenoxy) is 1. The Morgan fingerprint density at radius 2 is 1.05 bits per heavy atom. The molecule has 2 nitrogen and oxygen atoms in total. The van der Waals surface area contributed by atoms with Crippen molar-refractivity contribution in [1.29, 1.82) is 0 Å². The number of epoxide rings is 1. The van der Waals surface area contributed by atoms with Crippen LogP contribution in [0.1, 0.15) is 103 Å². The average Bonchev–Trinajstić information content (AvgIpc) is 3.24. The van der Waals surface area contributed by atoms with E-state index in [0.717, 1.165) is 12.8 Å². The van der Waals surface area contributed by atoms with Crippen molar-refractivity contribution in [2.75, 3.05) is 6.61 Å². The minimum Gasteiger partial charge on any atom is -0.396 e. The van der Waals surface area contributed by atoms with E-state index in [0.29, 0.717) is 18.8 Å². The minimum atomic E-state index is 0.311. The third kappa shape index (κ3) is 11.2. The number of unbranched alkanes of at least 4 members (excludes halogenated alkanes) is 11. The second-order valence-corrected chi connectivity index (χ2v) is 6.76. The maximum atomic E-state index is 8.76. The summed E-state index contributed by atoms with van der Waals surface area (Å²) in [4.78, 5) is 0. The third-order valence-electron chi connectivity index (χ3n) is 4.68. The number of aliphatic hydroxyl groups is 1. The van der Waals surface area contributed by atoms with Gasteiger partial charge in [-0.3, -0.25) is 0 Å². The predicted octanol–water partition coefficient (Wildman–Crippen LogP) is 5.62. The third-order valence-corrected chi connectivity index (χ3v) is 4.68. The van der Waals surface area contributed by atoms with E-state index in [1.165, 1.54) is 83.5 Å². The molecule has 2 atom stereocenters. The molecule has 0 aromatic heterocycles. The lowest BCUT2D eigenvalue weighted by Gasteiger charge is -2.02. The van der Waals surface area contributed by atoms with Crippen molar-refractivity contribution in [3.63, 3.8) is 0 Å². The fourth-order valence-electron chi connectivity index (χ4n) is 3.17. The van der Waals surface area contributed by atoms with Crippen molar-refractivity contribution in [2.24, 2.45) is 0 Å². The number of hydrogen-bond donors (Lipinski definition) is 1.